The maximum Gasteiger partial charge on any atom is 0.335 e. The van der Waals surface area contributed by atoms with Crippen LogP contribution in [0.15, 0.2) is 24.3 Å². The highest BCUT2D eigenvalue weighted by molar-refractivity contribution is 5.87. The third kappa shape index (κ3) is 2.04. The van der Waals surface area contributed by atoms with Gasteiger partial charge in [0.1, 0.15) is 0 Å². The zero-order valence-corrected chi connectivity index (χ0v) is 7.01. The van der Waals surface area contributed by atoms with E-state index in [0.29, 0.717) is 0 Å². The lowest BCUT2D eigenvalue weighted by Crippen LogP contribution is -2.15. The summed E-state index contributed by atoms with van der Waals surface area (Å²) >= 11 is 0. The molecule has 0 aromatic heterocycles. The van der Waals surface area contributed by atoms with Crippen molar-refractivity contribution in [2.45, 2.75) is 5.92 Å². The Morgan fingerprint density at radius 1 is 1.29 bits per heavy atom. The zero-order valence-electron chi connectivity index (χ0n) is 7.01. The first-order chi connectivity index (χ1) is 6.47. The molecule has 0 heterocycles. The molecule has 0 bridgehead atoms. The Kier molecular flexibility index (Phi) is 2.78. The lowest BCUT2D eigenvalue weighted by molar-refractivity contribution is -0.0281. The molecule has 1 N–H and O–H groups in total. The van der Waals surface area contributed by atoms with Gasteiger partial charge in [0.2, 0.25) is 0 Å². The van der Waals surface area contributed by atoms with Gasteiger partial charge in [-0.15, -0.1) is 0 Å². The highest BCUT2D eigenvalue weighted by atomic mass is 19.3. The Morgan fingerprint density at radius 2 is 1.79 bits per heavy atom. The fourth-order valence-electron chi connectivity index (χ4n) is 0.934. The number of carboxylic acids is 1. The van der Waals surface area contributed by atoms with E-state index in [0.717, 1.165) is 24.3 Å². The molecular formula is C9H7F3O2. The van der Waals surface area contributed by atoms with Gasteiger partial charge in [0.25, 0.3) is 0 Å². The largest absolute Gasteiger partial charge is 0.478 e. The number of carbonyl (C=O) groups is 1. The van der Waals surface area contributed by atoms with Crippen molar-refractivity contribution in [1.82, 2.24) is 0 Å². The van der Waals surface area contributed by atoms with Crippen LogP contribution in [0.1, 0.15) is 15.9 Å². The molecule has 14 heavy (non-hydrogen) atoms. The Labute approximate surface area is 78.0 Å². The van der Waals surface area contributed by atoms with Crippen LogP contribution in [-0.2, 0) is 5.92 Å². The van der Waals surface area contributed by atoms with Crippen molar-refractivity contribution in [3.63, 3.8) is 0 Å². The molecule has 1 aromatic carbocycles. The fourth-order valence-corrected chi connectivity index (χ4v) is 0.934. The molecule has 0 fully saturated rings. The van der Waals surface area contributed by atoms with Crippen LogP contribution < -0.4 is 0 Å². The number of aromatic carboxylic acids is 1. The minimum absolute atomic E-state index is 0.108. The molecule has 0 aliphatic heterocycles. The molecule has 0 atom stereocenters. The second-order valence-electron chi connectivity index (χ2n) is 2.72. The van der Waals surface area contributed by atoms with Gasteiger partial charge >= 0.3 is 11.9 Å². The van der Waals surface area contributed by atoms with Gasteiger partial charge in [0.15, 0.2) is 6.67 Å². The monoisotopic (exact) mass is 204 g/mol. The van der Waals surface area contributed by atoms with Gasteiger partial charge in [0.05, 0.1) is 5.56 Å². The summed E-state index contributed by atoms with van der Waals surface area (Å²) < 4.78 is 37.2. The summed E-state index contributed by atoms with van der Waals surface area (Å²) in [5, 5.41) is 8.47. The van der Waals surface area contributed by atoms with Crippen LogP contribution >= 0.6 is 0 Å². The normalized spacial score (nSPS) is 11.4. The number of benzene rings is 1. The van der Waals surface area contributed by atoms with E-state index in [1.54, 1.807) is 0 Å². The van der Waals surface area contributed by atoms with E-state index < -0.39 is 24.1 Å². The molecule has 2 nitrogen and oxygen atoms in total. The summed E-state index contributed by atoms with van der Waals surface area (Å²) in [6.07, 6.45) is 0. The molecule has 0 radical (unpaired) electrons. The summed E-state index contributed by atoms with van der Waals surface area (Å²) in [4.78, 5) is 10.4. The van der Waals surface area contributed by atoms with Gasteiger partial charge in [-0.05, 0) is 12.1 Å². The lowest BCUT2D eigenvalue weighted by atomic mass is 10.1. The maximum absolute atomic E-state index is 12.7. The first kappa shape index (κ1) is 10.6. The SMILES string of the molecule is O=C(O)c1ccc(C(F)(F)CF)cc1. The Bertz CT molecular complexity index is 332. The molecular weight excluding hydrogens is 197 g/mol. The number of carboxylic acid groups (broad SMARTS) is 1. The zero-order chi connectivity index (χ0) is 10.8. The van der Waals surface area contributed by atoms with Crippen molar-refractivity contribution in [2.75, 3.05) is 6.67 Å². The molecule has 0 saturated heterocycles. The van der Waals surface area contributed by atoms with E-state index in [4.69, 9.17) is 5.11 Å². The van der Waals surface area contributed by atoms with Gasteiger partial charge in [0, 0.05) is 5.56 Å². The molecule has 0 aliphatic rings. The van der Waals surface area contributed by atoms with Crippen molar-refractivity contribution in [3.05, 3.63) is 35.4 Å². The van der Waals surface area contributed by atoms with Crippen LogP contribution in [0.25, 0.3) is 0 Å². The quantitative estimate of drug-likeness (QED) is 0.820. The molecule has 0 amide bonds. The highest BCUT2D eigenvalue weighted by Crippen LogP contribution is 2.28. The fraction of sp³-hybridized carbons (Fsp3) is 0.222. The van der Waals surface area contributed by atoms with E-state index in [2.05, 4.69) is 0 Å². The minimum Gasteiger partial charge on any atom is -0.478 e. The Hall–Kier alpha value is -1.52. The summed E-state index contributed by atoms with van der Waals surface area (Å²) in [7, 11) is 0. The van der Waals surface area contributed by atoms with Crippen LogP contribution in [0.4, 0.5) is 13.2 Å². The van der Waals surface area contributed by atoms with Crippen LogP contribution in [0, 0.1) is 0 Å². The van der Waals surface area contributed by atoms with Crippen molar-refractivity contribution in [1.29, 1.82) is 0 Å². The smallest absolute Gasteiger partial charge is 0.335 e. The van der Waals surface area contributed by atoms with Crippen LogP contribution in [0.5, 0.6) is 0 Å². The van der Waals surface area contributed by atoms with Gasteiger partial charge in [-0.25, -0.2) is 9.18 Å². The summed E-state index contributed by atoms with van der Waals surface area (Å²) in [5.41, 5.74) is -0.631. The first-order valence-electron chi connectivity index (χ1n) is 3.75. The molecule has 76 valence electrons. The van der Waals surface area contributed by atoms with Crippen molar-refractivity contribution < 1.29 is 23.1 Å². The van der Waals surface area contributed by atoms with Gasteiger partial charge in [-0.2, -0.15) is 8.78 Å². The number of alkyl halides is 3. The third-order valence-electron chi connectivity index (χ3n) is 1.72. The summed E-state index contributed by atoms with van der Waals surface area (Å²) in [6, 6.07) is 3.84. The van der Waals surface area contributed by atoms with Crippen molar-refractivity contribution in [2.24, 2.45) is 0 Å². The number of hydrogen-bond donors (Lipinski definition) is 1. The van der Waals surface area contributed by atoms with E-state index in [1.165, 1.54) is 0 Å². The second kappa shape index (κ2) is 3.69. The highest BCUT2D eigenvalue weighted by Gasteiger charge is 2.31. The first-order valence-corrected chi connectivity index (χ1v) is 3.75. The van der Waals surface area contributed by atoms with Crippen molar-refractivity contribution >= 4 is 5.97 Å². The number of hydrogen-bond acceptors (Lipinski definition) is 1. The molecule has 0 saturated carbocycles. The van der Waals surface area contributed by atoms with E-state index in [-0.39, 0.29) is 5.56 Å². The molecule has 0 unspecified atom stereocenters. The molecule has 5 heteroatoms. The van der Waals surface area contributed by atoms with E-state index in [9.17, 15) is 18.0 Å². The molecule has 1 rings (SSSR count). The molecule has 0 spiro atoms. The van der Waals surface area contributed by atoms with Crippen LogP contribution in [0.2, 0.25) is 0 Å². The average molecular weight is 204 g/mol. The molecule has 1 aromatic rings. The van der Waals surface area contributed by atoms with Crippen molar-refractivity contribution in [3.8, 4) is 0 Å². The Balaban J connectivity index is 2.99. The summed E-state index contributed by atoms with van der Waals surface area (Å²) in [5.74, 6) is -4.75. The minimum atomic E-state index is -3.54. The van der Waals surface area contributed by atoms with Gasteiger partial charge in [-0.1, -0.05) is 12.1 Å². The standard InChI is InChI=1S/C9H7F3O2/c10-5-9(11,12)7-3-1-6(2-4-7)8(13)14/h1-4H,5H2,(H,13,14). The average Bonchev–Trinajstić information content (AvgIpc) is 2.18. The lowest BCUT2D eigenvalue weighted by Gasteiger charge is -2.11. The van der Waals surface area contributed by atoms with E-state index in [1.807, 2.05) is 0 Å². The predicted octanol–water partition coefficient (Wildman–Crippen LogP) is 2.45. The van der Waals surface area contributed by atoms with Crippen LogP contribution in [0.3, 0.4) is 0 Å². The predicted molar refractivity (Wildman–Crippen MR) is 43.3 cm³/mol. The van der Waals surface area contributed by atoms with Gasteiger partial charge < -0.3 is 5.11 Å². The second-order valence-corrected chi connectivity index (χ2v) is 2.72. The third-order valence-corrected chi connectivity index (χ3v) is 1.72. The maximum atomic E-state index is 12.7. The number of rotatable bonds is 3. The topological polar surface area (TPSA) is 37.3 Å². The van der Waals surface area contributed by atoms with Crippen LogP contribution in [-0.4, -0.2) is 17.8 Å². The number of halogens is 3. The molecule has 0 aliphatic carbocycles. The summed E-state index contributed by atoms with van der Waals surface area (Å²) in [6.45, 7) is -1.79. The van der Waals surface area contributed by atoms with Gasteiger partial charge in [-0.3, -0.25) is 0 Å². The van der Waals surface area contributed by atoms with E-state index >= 15 is 0 Å². The Morgan fingerprint density at radius 3 is 2.14 bits per heavy atom.